The summed E-state index contributed by atoms with van der Waals surface area (Å²) in [4.78, 5) is 59.2. The summed E-state index contributed by atoms with van der Waals surface area (Å²) >= 11 is 0. The summed E-state index contributed by atoms with van der Waals surface area (Å²) in [5, 5.41) is 20.8. The van der Waals surface area contributed by atoms with Gasteiger partial charge in [-0.2, -0.15) is 0 Å². The van der Waals surface area contributed by atoms with E-state index < -0.39 is 91.5 Å². The topological polar surface area (TPSA) is 231 Å². The molecular formula is C107H180O16P2. The summed E-state index contributed by atoms with van der Waals surface area (Å²) < 4.78 is 61.7. The van der Waals surface area contributed by atoms with E-state index in [2.05, 4.69) is 215 Å². The Bertz CT molecular complexity index is 3050. The maximum Gasteiger partial charge on any atom is 0.472 e. The van der Waals surface area contributed by atoms with E-state index in [1.165, 1.54) is 161 Å². The molecule has 5 unspecified atom stereocenters. The molecule has 5 atom stereocenters. The molecule has 0 bridgehead atoms. The number of aliphatic hydroxyl groups is 2. The van der Waals surface area contributed by atoms with Crippen molar-refractivity contribution in [3.05, 3.63) is 194 Å². The molecule has 0 spiro atoms. The minimum Gasteiger partial charge on any atom is -0.463 e. The van der Waals surface area contributed by atoms with Gasteiger partial charge in [-0.15, -0.1) is 0 Å². The molecule has 0 amide bonds. The van der Waals surface area contributed by atoms with Crippen molar-refractivity contribution in [2.45, 2.75) is 424 Å². The first kappa shape index (κ1) is 119. The van der Waals surface area contributed by atoms with Gasteiger partial charge >= 0.3 is 33.6 Å². The number of allylic oxidation sites excluding steroid dienone is 32. The van der Waals surface area contributed by atoms with Gasteiger partial charge in [-0.3, -0.25) is 32.5 Å². The summed E-state index contributed by atoms with van der Waals surface area (Å²) in [6, 6.07) is 0. The highest BCUT2D eigenvalue weighted by Gasteiger charge is 2.30. The smallest absolute Gasteiger partial charge is 0.463 e. The molecule has 0 aromatic rings. The van der Waals surface area contributed by atoms with E-state index in [0.717, 1.165) is 186 Å². The predicted molar refractivity (Wildman–Crippen MR) is 528 cm³/mol. The zero-order chi connectivity index (χ0) is 90.7. The van der Waals surface area contributed by atoms with E-state index in [1.807, 2.05) is 0 Å². The molecule has 0 heterocycles. The Hall–Kier alpha value is -5.61. The molecule has 0 aliphatic carbocycles. The third-order valence-corrected chi connectivity index (χ3v) is 22.7. The fraction of sp³-hybridized carbons (Fsp3) is 0.673. The van der Waals surface area contributed by atoms with Crippen LogP contribution < -0.4 is 0 Å². The van der Waals surface area contributed by atoms with Crippen molar-refractivity contribution in [2.24, 2.45) is 0 Å². The van der Waals surface area contributed by atoms with Gasteiger partial charge < -0.3 is 34.2 Å². The molecule has 0 saturated carbocycles. The van der Waals surface area contributed by atoms with Gasteiger partial charge in [0.2, 0.25) is 0 Å². The molecule has 16 nitrogen and oxygen atoms in total. The first-order valence-corrected chi connectivity index (χ1v) is 52.7. The minimum absolute atomic E-state index is 0.0968. The number of phosphoric ester groups is 2. The van der Waals surface area contributed by atoms with Crippen molar-refractivity contribution in [1.29, 1.82) is 0 Å². The van der Waals surface area contributed by atoms with Crippen molar-refractivity contribution in [3.63, 3.8) is 0 Å². The van der Waals surface area contributed by atoms with Gasteiger partial charge in [0.1, 0.15) is 25.4 Å². The highest BCUT2D eigenvalue weighted by atomic mass is 31.2. The highest BCUT2D eigenvalue weighted by molar-refractivity contribution is 7.47. The molecule has 714 valence electrons. The van der Waals surface area contributed by atoms with E-state index in [0.29, 0.717) is 19.3 Å². The first-order chi connectivity index (χ1) is 61.2. The first-order valence-electron chi connectivity index (χ1n) is 49.7. The van der Waals surface area contributed by atoms with Crippen molar-refractivity contribution in [2.75, 3.05) is 39.6 Å². The predicted octanol–water partition coefficient (Wildman–Crippen LogP) is 31.3. The van der Waals surface area contributed by atoms with Crippen LogP contribution in [0, 0.1) is 0 Å². The number of hydrogen-bond donors (Lipinski definition) is 4. The number of aliphatic hydroxyl groups excluding tert-OH is 2. The molecule has 4 N–H and O–H groups in total. The fourth-order valence-corrected chi connectivity index (χ4v) is 14.9. The second-order valence-corrected chi connectivity index (χ2v) is 35.7. The number of phosphoric acid groups is 2. The second kappa shape index (κ2) is 97.4. The monoisotopic (exact) mass is 1780 g/mol. The highest BCUT2D eigenvalue weighted by Crippen LogP contribution is 2.45. The van der Waals surface area contributed by atoms with Crippen LogP contribution in [0.25, 0.3) is 0 Å². The maximum atomic E-state index is 13.1. The lowest BCUT2D eigenvalue weighted by atomic mass is 10.0. The van der Waals surface area contributed by atoms with Crippen molar-refractivity contribution in [1.82, 2.24) is 0 Å². The largest absolute Gasteiger partial charge is 0.472 e. The number of rotatable bonds is 93. The van der Waals surface area contributed by atoms with E-state index in [4.69, 9.17) is 32.3 Å². The van der Waals surface area contributed by atoms with Crippen LogP contribution in [0.2, 0.25) is 0 Å². The molecule has 0 rings (SSSR count). The Balaban J connectivity index is 4.67. The fourth-order valence-electron chi connectivity index (χ4n) is 13.3. The van der Waals surface area contributed by atoms with E-state index in [1.54, 1.807) is 0 Å². The quantitative estimate of drug-likeness (QED) is 0.0146. The van der Waals surface area contributed by atoms with Gasteiger partial charge in [-0.25, -0.2) is 9.13 Å². The molecule has 0 aromatic heterocycles. The summed E-state index contributed by atoms with van der Waals surface area (Å²) in [7, 11) is -9.82. The van der Waals surface area contributed by atoms with Crippen LogP contribution in [-0.4, -0.2) is 95.9 Å². The molecule has 0 radical (unpaired) electrons. The van der Waals surface area contributed by atoms with Crippen molar-refractivity contribution >= 4 is 33.6 Å². The van der Waals surface area contributed by atoms with Crippen LogP contribution in [0.3, 0.4) is 0 Å². The number of esters is 3. The summed E-state index contributed by atoms with van der Waals surface area (Å²) in [6.07, 6.45) is 130. The average Bonchev–Trinajstić information content (AvgIpc) is 0.898. The zero-order valence-corrected chi connectivity index (χ0v) is 80.7. The number of carbonyl (C=O) groups excluding carboxylic acids is 3. The summed E-state index contributed by atoms with van der Waals surface area (Å²) in [6.45, 7) is 2.47. The van der Waals surface area contributed by atoms with Crippen molar-refractivity contribution < 1.29 is 75.8 Å². The minimum atomic E-state index is -4.95. The molecule has 0 aliphatic rings. The Labute approximate surface area is 763 Å². The van der Waals surface area contributed by atoms with Crippen LogP contribution >= 0.6 is 15.6 Å². The van der Waals surface area contributed by atoms with Crippen LogP contribution in [0.5, 0.6) is 0 Å². The van der Waals surface area contributed by atoms with E-state index in [9.17, 15) is 43.5 Å². The summed E-state index contributed by atoms with van der Waals surface area (Å²) in [5.74, 6) is -1.58. The number of ether oxygens (including phenoxy) is 3. The van der Waals surface area contributed by atoms with E-state index >= 15 is 0 Å². The second-order valence-electron chi connectivity index (χ2n) is 32.8. The standard InChI is InChI=1S/C107H180O16P2/c1-4-7-10-13-16-19-22-25-28-31-34-37-40-43-46-49-50-53-55-57-60-63-66-69-72-75-78-81-84-87-90-93-105(110)117-96-102(108)97-119-124(113,114)120-98-103(109)99-121-125(115,116)122-101-104(123-107(112)95-92-89-86-83-80-77-74-71-68-65-62-59-56-52-48-45-42-39-36-33-30-27-24-21-18-15-12-9-6-3)100-118-106(111)94-91-88-85-82-79-76-73-70-67-64-61-58-54-51-47-44-41-38-35-32-29-26-23-20-17-14-11-8-5-2/h7-8,10-11,16-21,25-30,34-39,43-48,50,53-54,58,102-104,108-109H,4-6,9,12-15,22-24,31-33,40-42,49,51-52,55-57,59-101H2,1-3H3,(H,113,114)(H,115,116)/b10-7-,11-8-,19-16-,20-17-,21-18-,28-25-,29-26-,30-27-,37-34-,38-35-,39-36-,46-43-,47-44-,48-45-,53-50-,58-54-. The lowest BCUT2D eigenvalue weighted by Crippen LogP contribution is -2.30. The molecule has 0 aliphatic heterocycles. The third-order valence-electron chi connectivity index (χ3n) is 20.8. The van der Waals surface area contributed by atoms with E-state index in [-0.39, 0.29) is 19.3 Å². The summed E-state index contributed by atoms with van der Waals surface area (Å²) in [5.41, 5.74) is 0. The van der Waals surface area contributed by atoms with Crippen LogP contribution in [-0.2, 0) is 55.8 Å². The normalized spacial score (nSPS) is 14.5. The molecule has 0 fully saturated rings. The molecule has 18 heteroatoms. The number of carbonyl (C=O) groups is 3. The van der Waals surface area contributed by atoms with Gasteiger partial charge in [0, 0.05) is 19.3 Å². The lowest BCUT2D eigenvalue weighted by Gasteiger charge is -2.21. The maximum absolute atomic E-state index is 13.1. The molecule has 125 heavy (non-hydrogen) atoms. The SMILES string of the molecule is CC/C=C\C/C=C\C/C=C\C/C=C\C/C=C\C/C=C\CCCCCCCCCCCCCCC(=O)OCC(O)COP(=O)(O)OCC(O)COP(=O)(O)OCC(COC(=O)CCCCCCCCCCCC/C=C\C/C=C\C/C=C\C/C=C\C/C=C\C/C=C\CC)OC(=O)CCCCCCCCCCCCCCC/C=C\C/C=C\C/C=C\C/C=C\CCCCC. The number of hydrogen-bond acceptors (Lipinski definition) is 14. The van der Waals surface area contributed by atoms with Gasteiger partial charge in [0.05, 0.1) is 26.4 Å². The average molecular weight is 1780 g/mol. The van der Waals surface area contributed by atoms with Gasteiger partial charge in [0.25, 0.3) is 0 Å². The van der Waals surface area contributed by atoms with Crippen LogP contribution in [0.15, 0.2) is 194 Å². The zero-order valence-electron chi connectivity index (χ0n) is 79.0. The van der Waals surface area contributed by atoms with Gasteiger partial charge in [-0.05, 0) is 167 Å². The van der Waals surface area contributed by atoms with Crippen LogP contribution in [0.4, 0.5) is 0 Å². The Kier molecular flexibility index (Phi) is 93.1. The van der Waals surface area contributed by atoms with Gasteiger partial charge in [0.15, 0.2) is 6.10 Å². The Morgan fingerprint density at radius 3 is 0.672 bits per heavy atom. The van der Waals surface area contributed by atoms with Crippen molar-refractivity contribution in [3.8, 4) is 0 Å². The lowest BCUT2D eigenvalue weighted by molar-refractivity contribution is -0.161. The third kappa shape index (κ3) is 98.8. The van der Waals surface area contributed by atoms with Crippen LogP contribution in [0.1, 0.15) is 406 Å². The molecular weight excluding hydrogens is 1600 g/mol. The van der Waals surface area contributed by atoms with Gasteiger partial charge in [-0.1, -0.05) is 414 Å². The number of unbranched alkanes of at least 4 members (excludes halogenated alkanes) is 38. The molecule has 0 saturated heterocycles. The Morgan fingerprint density at radius 1 is 0.232 bits per heavy atom. The Morgan fingerprint density at radius 2 is 0.424 bits per heavy atom. The molecule has 0 aromatic carbocycles.